The quantitative estimate of drug-likeness (QED) is 0.800. The Bertz CT molecular complexity index is 358. The summed E-state index contributed by atoms with van der Waals surface area (Å²) in [6, 6.07) is 0. The molecule has 1 heterocycles. The Morgan fingerprint density at radius 3 is 2.37 bits per heavy atom. The van der Waals surface area contributed by atoms with Gasteiger partial charge in [-0.2, -0.15) is 0 Å². The standard InChI is InChI=1S/C14H23NO4/c1-14(2,3)19-13(18)15-9-7-11(8-10-15)5-4-6-12(16)17/h5H,4,6-10H2,1-3H3,(H,16,17). The molecule has 1 aliphatic heterocycles. The average molecular weight is 269 g/mol. The Labute approximate surface area is 114 Å². The molecule has 0 saturated carbocycles. The molecule has 0 atom stereocenters. The van der Waals surface area contributed by atoms with E-state index in [0.717, 1.165) is 12.8 Å². The highest BCUT2D eigenvalue weighted by Crippen LogP contribution is 2.19. The Kier molecular flexibility index (Phi) is 5.39. The number of piperidine rings is 1. The minimum atomic E-state index is -0.775. The van der Waals surface area contributed by atoms with Gasteiger partial charge in [-0.25, -0.2) is 4.79 Å². The normalized spacial score (nSPS) is 16.2. The first-order valence-corrected chi connectivity index (χ1v) is 6.65. The number of rotatable bonds is 3. The third-order valence-corrected chi connectivity index (χ3v) is 2.85. The number of nitrogens with zero attached hydrogens (tertiary/aromatic N) is 1. The average Bonchev–Trinajstić information content (AvgIpc) is 2.27. The SMILES string of the molecule is CC(C)(C)OC(=O)N1CCC(=CCCC(=O)O)CC1. The monoisotopic (exact) mass is 269 g/mol. The summed E-state index contributed by atoms with van der Waals surface area (Å²) in [6.45, 7) is 6.85. The van der Waals surface area contributed by atoms with E-state index in [0.29, 0.717) is 19.5 Å². The number of carboxylic acid groups (broad SMARTS) is 1. The largest absolute Gasteiger partial charge is 0.481 e. The summed E-state index contributed by atoms with van der Waals surface area (Å²) in [6.07, 6.45) is 4.06. The molecule has 19 heavy (non-hydrogen) atoms. The molecule has 1 rings (SSSR count). The first kappa shape index (κ1) is 15.5. The summed E-state index contributed by atoms with van der Waals surface area (Å²) >= 11 is 0. The predicted octanol–water partition coefficient (Wildman–Crippen LogP) is 2.81. The van der Waals surface area contributed by atoms with Crippen molar-refractivity contribution in [3.8, 4) is 0 Å². The number of amides is 1. The van der Waals surface area contributed by atoms with Crippen molar-refractivity contribution >= 4 is 12.1 Å². The van der Waals surface area contributed by atoms with Crippen molar-refractivity contribution in [3.63, 3.8) is 0 Å². The predicted molar refractivity (Wildman–Crippen MR) is 72.0 cm³/mol. The van der Waals surface area contributed by atoms with Crippen molar-refractivity contribution in [2.45, 2.75) is 52.1 Å². The van der Waals surface area contributed by atoms with Crippen LogP contribution in [0.15, 0.2) is 11.6 Å². The first-order chi connectivity index (χ1) is 8.78. The molecule has 0 aromatic rings. The van der Waals surface area contributed by atoms with Gasteiger partial charge in [0.2, 0.25) is 0 Å². The third kappa shape index (κ3) is 6.27. The Hall–Kier alpha value is -1.52. The van der Waals surface area contributed by atoms with Crippen LogP contribution >= 0.6 is 0 Å². The van der Waals surface area contributed by atoms with Crippen LogP contribution in [0.2, 0.25) is 0 Å². The van der Waals surface area contributed by atoms with Gasteiger partial charge in [-0.05, 0) is 40.0 Å². The van der Waals surface area contributed by atoms with Crippen molar-refractivity contribution in [1.29, 1.82) is 0 Å². The highest BCUT2D eigenvalue weighted by molar-refractivity contribution is 5.68. The fourth-order valence-corrected chi connectivity index (χ4v) is 1.91. The number of hydrogen-bond acceptors (Lipinski definition) is 3. The smallest absolute Gasteiger partial charge is 0.410 e. The van der Waals surface area contributed by atoms with Gasteiger partial charge in [0.25, 0.3) is 0 Å². The van der Waals surface area contributed by atoms with Crippen LogP contribution in [0, 0.1) is 0 Å². The van der Waals surface area contributed by atoms with E-state index in [1.54, 1.807) is 4.90 Å². The van der Waals surface area contributed by atoms with Crippen molar-refractivity contribution in [3.05, 3.63) is 11.6 Å². The van der Waals surface area contributed by atoms with Gasteiger partial charge >= 0.3 is 12.1 Å². The van der Waals surface area contributed by atoms with Gasteiger partial charge in [0, 0.05) is 19.5 Å². The van der Waals surface area contributed by atoms with Crippen molar-refractivity contribution in [2.75, 3.05) is 13.1 Å². The van der Waals surface area contributed by atoms with Gasteiger partial charge in [0.05, 0.1) is 0 Å². The molecule has 0 radical (unpaired) electrons. The van der Waals surface area contributed by atoms with E-state index >= 15 is 0 Å². The molecule has 1 amide bonds. The number of likely N-dealkylation sites (tertiary alicyclic amines) is 1. The number of carbonyl (C=O) groups is 2. The first-order valence-electron chi connectivity index (χ1n) is 6.65. The highest BCUT2D eigenvalue weighted by atomic mass is 16.6. The lowest BCUT2D eigenvalue weighted by atomic mass is 10.0. The van der Waals surface area contributed by atoms with Crippen molar-refractivity contribution in [2.24, 2.45) is 0 Å². The van der Waals surface area contributed by atoms with Gasteiger partial charge in [-0.3, -0.25) is 4.79 Å². The van der Waals surface area contributed by atoms with Crippen molar-refractivity contribution < 1.29 is 19.4 Å². The maximum absolute atomic E-state index is 11.8. The minimum absolute atomic E-state index is 0.166. The van der Waals surface area contributed by atoms with Crippen LogP contribution in [0.25, 0.3) is 0 Å². The van der Waals surface area contributed by atoms with E-state index in [9.17, 15) is 9.59 Å². The van der Waals surface area contributed by atoms with Crippen LogP contribution in [-0.4, -0.2) is 40.8 Å². The summed E-state index contributed by atoms with van der Waals surface area (Å²) in [7, 11) is 0. The zero-order valence-corrected chi connectivity index (χ0v) is 11.9. The van der Waals surface area contributed by atoms with Crippen LogP contribution < -0.4 is 0 Å². The Morgan fingerprint density at radius 2 is 1.89 bits per heavy atom. The number of allylic oxidation sites excluding steroid dienone is 1. The topological polar surface area (TPSA) is 66.8 Å². The minimum Gasteiger partial charge on any atom is -0.481 e. The molecule has 0 aromatic carbocycles. The van der Waals surface area contributed by atoms with E-state index in [2.05, 4.69) is 0 Å². The molecule has 1 aliphatic rings. The van der Waals surface area contributed by atoms with E-state index in [4.69, 9.17) is 9.84 Å². The summed E-state index contributed by atoms with van der Waals surface area (Å²) in [5.74, 6) is -0.775. The highest BCUT2D eigenvalue weighted by Gasteiger charge is 2.24. The van der Waals surface area contributed by atoms with Crippen LogP contribution in [0.1, 0.15) is 46.5 Å². The van der Waals surface area contributed by atoms with Crippen LogP contribution in [-0.2, 0) is 9.53 Å². The molecule has 5 nitrogen and oxygen atoms in total. The maximum atomic E-state index is 11.8. The lowest BCUT2D eigenvalue weighted by molar-refractivity contribution is -0.136. The van der Waals surface area contributed by atoms with E-state index < -0.39 is 11.6 Å². The van der Waals surface area contributed by atoms with Gasteiger partial charge in [0.1, 0.15) is 5.60 Å². The Morgan fingerprint density at radius 1 is 1.32 bits per heavy atom. The fraction of sp³-hybridized carbons (Fsp3) is 0.714. The second-order valence-electron chi connectivity index (χ2n) is 5.76. The molecule has 108 valence electrons. The van der Waals surface area contributed by atoms with Crippen LogP contribution in [0.3, 0.4) is 0 Å². The lowest BCUT2D eigenvalue weighted by Gasteiger charge is -2.31. The van der Waals surface area contributed by atoms with Gasteiger partial charge in [-0.15, -0.1) is 0 Å². The molecule has 1 N–H and O–H groups in total. The number of hydrogen-bond donors (Lipinski definition) is 1. The molecule has 0 unspecified atom stereocenters. The number of carboxylic acids is 1. The maximum Gasteiger partial charge on any atom is 0.410 e. The molecular weight excluding hydrogens is 246 g/mol. The molecule has 1 saturated heterocycles. The summed E-state index contributed by atoms with van der Waals surface area (Å²) in [5.41, 5.74) is 0.773. The molecule has 0 bridgehead atoms. The molecular formula is C14H23NO4. The number of ether oxygens (including phenoxy) is 1. The fourth-order valence-electron chi connectivity index (χ4n) is 1.91. The molecule has 1 fully saturated rings. The number of carbonyl (C=O) groups excluding carboxylic acids is 1. The lowest BCUT2D eigenvalue weighted by Crippen LogP contribution is -2.40. The van der Waals surface area contributed by atoms with E-state index in [1.165, 1.54) is 5.57 Å². The zero-order valence-electron chi connectivity index (χ0n) is 11.9. The van der Waals surface area contributed by atoms with Gasteiger partial charge in [0.15, 0.2) is 0 Å². The van der Waals surface area contributed by atoms with Gasteiger partial charge < -0.3 is 14.7 Å². The molecule has 0 aromatic heterocycles. The number of aliphatic carboxylic acids is 1. The summed E-state index contributed by atoms with van der Waals surface area (Å²) < 4.78 is 5.31. The third-order valence-electron chi connectivity index (χ3n) is 2.85. The van der Waals surface area contributed by atoms with Crippen LogP contribution in [0.5, 0.6) is 0 Å². The van der Waals surface area contributed by atoms with E-state index in [1.807, 2.05) is 26.8 Å². The second kappa shape index (κ2) is 6.59. The second-order valence-corrected chi connectivity index (χ2v) is 5.76. The summed E-state index contributed by atoms with van der Waals surface area (Å²) in [5, 5.41) is 8.57. The zero-order chi connectivity index (χ0) is 14.5. The molecule has 0 spiro atoms. The summed E-state index contributed by atoms with van der Waals surface area (Å²) in [4.78, 5) is 24.0. The molecule has 5 heteroatoms. The van der Waals surface area contributed by atoms with Gasteiger partial charge in [-0.1, -0.05) is 11.6 Å². The van der Waals surface area contributed by atoms with E-state index in [-0.39, 0.29) is 12.5 Å². The van der Waals surface area contributed by atoms with Crippen molar-refractivity contribution in [1.82, 2.24) is 4.90 Å². The van der Waals surface area contributed by atoms with Crippen LogP contribution in [0.4, 0.5) is 4.79 Å². The Balaban J connectivity index is 2.36. The molecule has 0 aliphatic carbocycles.